The van der Waals surface area contributed by atoms with E-state index in [9.17, 15) is 10.2 Å². The largest absolute Gasteiger partial charge is 0.508 e. The van der Waals surface area contributed by atoms with Crippen LogP contribution in [0.1, 0.15) is 18.1 Å². The Morgan fingerprint density at radius 2 is 1.70 bits per heavy atom. The first-order valence-corrected chi connectivity index (χ1v) is 10.2. The maximum atomic E-state index is 10.1. The van der Waals surface area contributed by atoms with Gasteiger partial charge in [0.25, 0.3) is 5.97 Å². The molecule has 0 saturated heterocycles. The number of phenols is 2. The van der Waals surface area contributed by atoms with Crippen LogP contribution in [0.2, 0.25) is 5.02 Å². The van der Waals surface area contributed by atoms with Gasteiger partial charge in [-0.05, 0) is 55.5 Å². The van der Waals surface area contributed by atoms with Gasteiger partial charge in [0.2, 0.25) is 0 Å². The minimum atomic E-state index is -0.833. The van der Waals surface area contributed by atoms with E-state index >= 15 is 0 Å². The van der Waals surface area contributed by atoms with E-state index in [1.165, 1.54) is 12.3 Å². The van der Waals surface area contributed by atoms with Crippen molar-refractivity contribution in [3.63, 3.8) is 0 Å². The summed E-state index contributed by atoms with van der Waals surface area (Å²) in [5.41, 5.74) is 5.41. The number of aromatic nitrogens is 2. The molecule has 33 heavy (non-hydrogen) atoms. The highest BCUT2D eigenvalue weighted by Gasteiger charge is 2.10. The number of hydrogen-bond donors (Lipinski definition) is 4. The Morgan fingerprint density at radius 3 is 2.39 bits per heavy atom. The molecule has 1 heterocycles. The van der Waals surface area contributed by atoms with Crippen LogP contribution in [0.5, 0.6) is 11.5 Å². The third-order valence-corrected chi connectivity index (χ3v) is 4.77. The average molecular weight is 465 g/mol. The van der Waals surface area contributed by atoms with Crippen LogP contribution in [0.25, 0.3) is 22.3 Å². The van der Waals surface area contributed by atoms with Gasteiger partial charge in [-0.1, -0.05) is 23.7 Å². The van der Waals surface area contributed by atoms with E-state index in [-0.39, 0.29) is 11.5 Å². The van der Waals surface area contributed by atoms with E-state index in [1.54, 1.807) is 25.1 Å². The number of nitrogens with zero attached hydrogens (tertiary/aromatic N) is 3. The van der Waals surface area contributed by atoms with Crippen LogP contribution in [-0.2, 0) is 4.79 Å². The number of carboxylic acids is 1. The summed E-state index contributed by atoms with van der Waals surface area (Å²) < 4.78 is 0. The van der Waals surface area contributed by atoms with Crippen molar-refractivity contribution in [2.75, 3.05) is 5.43 Å². The number of phenolic OH excluding ortho intramolecular Hbond substituents is 2. The normalized spacial score (nSPS) is 10.6. The first-order valence-electron chi connectivity index (χ1n) is 9.79. The third-order valence-electron chi connectivity index (χ3n) is 4.51. The predicted octanol–water partition coefficient (Wildman–Crippen LogP) is 5.21. The fraction of sp³-hybridized carbons (Fsp3) is 0.0833. The van der Waals surface area contributed by atoms with Crippen LogP contribution in [-0.4, -0.2) is 37.5 Å². The lowest BCUT2D eigenvalue weighted by Crippen LogP contribution is -1.99. The van der Waals surface area contributed by atoms with Gasteiger partial charge >= 0.3 is 0 Å². The minimum Gasteiger partial charge on any atom is -0.508 e. The van der Waals surface area contributed by atoms with Crippen molar-refractivity contribution in [3.05, 3.63) is 76.8 Å². The summed E-state index contributed by atoms with van der Waals surface area (Å²) in [4.78, 5) is 18.2. The lowest BCUT2D eigenvalue weighted by atomic mass is 10.1. The molecule has 0 bridgehead atoms. The maximum absolute atomic E-state index is 10.1. The smallest absolute Gasteiger partial charge is 0.300 e. The quantitative estimate of drug-likeness (QED) is 0.241. The van der Waals surface area contributed by atoms with Crippen molar-refractivity contribution in [1.82, 2.24) is 9.97 Å². The molecule has 0 aliphatic carbocycles. The number of aliphatic carboxylic acids is 1. The van der Waals surface area contributed by atoms with Gasteiger partial charge in [-0.25, -0.2) is 9.97 Å². The van der Waals surface area contributed by atoms with E-state index in [2.05, 4.69) is 20.5 Å². The lowest BCUT2D eigenvalue weighted by Gasteiger charge is -2.09. The molecule has 4 rings (SSSR count). The molecule has 0 atom stereocenters. The summed E-state index contributed by atoms with van der Waals surface area (Å²) in [5.74, 6) is 0.250. The molecule has 0 amide bonds. The van der Waals surface area contributed by atoms with Crippen molar-refractivity contribution in [1.29, 1.82) is 0 Å². The van der Waals surface area contributed by atoms with Crippen molar-refractivity contribution < 1.29 is 20.1 Å². The number of benzene rings is 3. The highest BCUT2D eigenvalue weighted by atomic mass is 35.5. The second-order valence-corrected chi connectivity index (χ2v) is 7.39. The molecule has 0 spiro atoms. The number of nitrogens with one attached hydrogen (secondary N) is 1. The summed E-state index contributed by atoms with van der Waals surface area (Å²) in [6.07, 6.45) is 1.47. The van der Waals surface area contributed by atoms with Gasteiger partial charge < -0.3 is 15.3 Å². The number of halogens is 1. The highest BCUT2D eigenvalue weighted by molar-refractivity contribution is 6.30. The zero-order chi connectivity index (χ0) is 24.0. The van der Waals surface area contributed by atoms with Crippen molar-refractivity contribution in [2.24, 2.45) is 5.10 Å². The molecule has 3 aromatic carbocycles. The molecule has 0 radical (unpaired) electrons. The third kappa shape index (κ3) is 5.96. The monoisotopic (exact) mass is 464 g/mol. The Morgan fingerprint density at radius 1 is 1.03 bits per heavy atom. The SMILES string of the molecule is CC(=O)O.Cc1c(O)ccc(C=NNc2nc(-c3ccc(Cl)cc3)nc3ccccc23)c1O. The van der Waals surface area contributed by atoms with E-state index in [0.717, 1.165) is 23.4 Å². The summed E-state index contributed by atoms with van der Waals surface area (Å²) in [7, 11) is 0. The first-order chi connectivity index (χ1) is 15.8. The number of para-hydroxylation sites is 1. The van der Waals surface area contributed by atoms with Gasteiger partial charge in [0.05, 0.1) is 11.7 Å². The van der Waals surface area contributed by atoms with Crippen molar-refractivity contribution in [2.45, 2.75) is 13.8 Å². The zero-order valence-electron chi connectivity index (χ0n) is 17.8. The van der Waals surface area contributed by atoms with Gasteiger partial charge in [0.1, 0.15) is 11.5 Å². The topological polar surface area (TPSA) is 128 Å². The Bertz CT molecular complexity index is 1320. The Labute approximate surface area is 194 Å². The van der Waals surface area contributed by atoms with Gasteiger partial charge in [-0.3, -0.25) is 10.2 Å². The molecule has 0 fully saturated rings. The molecular weight excluding hydrogens is 444 g/mol. The number of aromatic hydroxyl groups is 2. The minimum absolute atomic E-state index is 0.0232. The molecule has 4 N–H and O–H groups in total. The number of carbonyl (C=O) groups is 1. The summed E-state index contributed by atoms with van der Waals surface area (Å²) in [6.45, 7) is 2.71. The highest BCUT2D eigenvalue weighted by Crippen LogP contribution is 2.29. The van der Waals surface area contributed by atoms with Crippen LogP contribution in [0.15, 0.2) is 65.8 Å². The average Bonchev–Trinajstić information content (AvgIpc) is 2.79. The van der Waals surface area contributed by atoms with Crippen LogP contribution in [0, 0.1) is 6.92 Å². The fourth-order valence-electron chi connectivity index (χ4n) is 2.87. The van der Waals surface area contributed by atoms with E-state index in [1.807, 2.05) is 36.4 Å². The standard InChI is InChI=1S/C22H17ClN4O2.C2H4O2/c1-13-19(28)11-8-15(20(13)29)12-24-27-22-17-4-2-3-5-18(17)25-21(26-22)14-6-9-16(23)10-7-14;1-2(3)4/h2-12,28-29H,1H3,(H,25,26,27);1H3,(H,3,4). The summed E-state index contributed by atoms with van der Waals surface area (Å²) in [6, 6.07) is 18.0. The Kier molecular flexibility index (Phi) is 7.42. The van der Waals surface area contributed by atoms with Crippen LogP contribution in [0.3, 0.4) is 0 Å². The van der Waals surface area contributed by atoms with E-state index < -0.39 is 5.97 Å². The van der Waals surface area contributed by atoms with E-state index in [4.69, 9.17) is 21.5 Å². The molecule has 0 aliphatic heterocycles. The molecule has 0 unspecified atom stereocenters. The molecule has 9 heteroatoms. The zero-order valence-corrected chi connectivity index (χ0v) is 18.6. The second-order valence-electron chi connectivity index (χ2n) is 6.96. The van der Waals surface area contributed by atoms with Gasteiger partial charge in [-0.2, -0.15) is 5.10 Å². The molecule has 0 aliphatic rings. The number of hydrogen-bond acceptors (Lipinski definition) is 7. The molecule has 168 valence electrons. The van der Waals surface area contributed by atoms with Crippen LogP contribution < -0.4 is 5.43 Å². The summed E-state index contributed by atoms with van der Waals surface area (Å²) in [5, 5.41) is 32.9. The second kappa shape index (κ2) is 10.4. The maximum Gasteiger partial charge on any atom is 0.300 e. The number of carboxylic acid groups (broad SMARTS) is 1. The summed E-state index contributed by atoms with van der Waals surface area (Å²) >= 11 is 5.98. The molecule has 0 saturated carbocycles. The first kappa shape index (κ1) is 23.5. The fourth-order valence-corrected chi connectivity index (χ4v) is 2.99. The molecule has 8 nitrogen and oxygen atoms in total. The molecular formula is C24H21ClN4O4. The number of fused-ring (bicyclic) bond motifs is 1. The number of rotatable bonds is 4. The Hall–Kier alpha value is -4.17. The van der Waals surface area contributed by atoms with E-state index in [0.29, 0.717) is 27.8 Å². The molecule has 1 aromatic heterocycles. The van der Waals surface area contributed by atoms with Crippen LogP contribution >= 0.6 is 11.6 Å². The lowest BCUT2D eigenvalue weighted by molar-refractivity contribution is -0.134. The molecule has 4 aromatic rings. The predicted molar refractivity (Wildman–Crippen MR) is 129 cm³/mol. The van der Waals surface area contributed by atoms with Gasteiger partial charge in [0.15, 0.2) is 11.6 Å². The van der Waals surface area contributed by atoms with Gasteiger partial charge in [0, 0.05) is 34.0 Å². The van der Waals surface area contributed by atoms with Crippen molar-refractivity contribution in [3.8, 4) is 22.9 Å². The Balaban J connectivity index is 0.000000709. The van der Waals surface area contributed by atoms with Crippen LogP contribution in [0.4, 0.5) is 5.82 Å². The number of hydrazone groups is 1. The number of anilines is 1. The van der Waals surface area contributed by atoms with Gasteiger partial charge in [-0.15, -0.1) is 0 Å². The van der Waals surface area contributed by atoms with Crippen molar-refractivity contribution >= 4 is 40.5 Å².